The first-order valence-electron chi connectivity index (χ1n) is 6.38. The molecule has 19 heavy (non-hydrogen) atoms. The van der Waals surface area contributed by atoms with Gasteiger partial charge in [0.25, 0.3) is 0 Å². The van der Waals surface area contributed by atoms with E-state index >= 15 is 0 Å². The minimum atomic E-state index is -0.324. The Bertz CT molecular complexity index is 444. The van der Waals surface area contributed by atoms with Crippen LogP contribution in [0.15, 0.2) is 22.7 Å². The van der Waals surface area contributed by atoms with Gasteiger partial charge in [-0.1, -0.05) is 15.9 Å². The van der Waals surface area contributed by atoms with Crippen molar-refractivity contribution in [3.8, 4) is 0 Å². The maximum atomic E-state index is 12.1. The predicted octanol–water partition coefficient (Wildman–Crippen LogP) is 3.15. The van der Waals surface area contributed by atoms with Gasteiger partial charge in [0, 0.05) is 23.7 Å². The lowest BCUT2D eigenvalue weighted by Gasteiger charge is -2.27. The van der Waals surface area contributed by atoms with Crippen molar-refractivity contribution in [2.24, 2.45) is 0 Å². The minimum absolute atomic E-state index is 0.0635. The first-order chi connectivity index (χ1) is 9.08. The number of nitrogen functional groups attached to an aromatic ring is 1. The van der Waals surface area contributed by atoms with E-state index in [1.54, 1.807) is 25.3 Å². The van der Waals surface area contributed by atoms with Gasteiger partial charge in [-0.3, -0.25) is 0 Å². The quantitative estimate of drug-likeness (QED) is 0.684. The molecule has 2 N–H and O–H groups in total. The van der Waals surface area contributed by atoms with Gasteiger partial charge in [0.05, 0.1) is 11.7 Å². The molecule has 0 spiro atoms. The van der Waals surface area contributed by atoms with E-state index in [1.165, 1.54) is 0 Å². The number of rotatable bonds is 3. The minimum Gasteiger partial charge on any atom is -0.459 e. The molecule has 5 heteroatoms. The van der Waals surface area contributed by atoms with Crippen LogP contribution < -0.4 is 5.73 Å². The molecule has 2 atom stereocenters. The van der Waals surface area contributed by atoms with Gasteiger partial charge in [0.2, 0.25) is 0 Å². The van der Waals surface area contributed by atoms with Gasteiger partial charge in [-0.25, -0.2) is 4.79 Å². The fraction of sp³-hybridized carbons (Fsp3) is 0.500. The van der Waals surface area contributed by atoms with Crippen molar-refractivity contribution >= 4 is 27.6 Å². The molecule has 4 nitrogen and oxygen atoms in total. The molecule has 0 radical (unpaired) electrons. The van der Waals surface area contributed by atoms with Gasteiger partial charge < -0.3 is 15.2 Å². The van der Waals surface area contributed by atoms with Crippen LogP contribution in [-0.4, -0.2) is 25.3 Å². The Hall–Kier alpha value is -1.07. The van der Waals surface area contributed by atoms with Gasteiger partial charge in [0.15, 0.2) is 0 Å². The second-order valence-corrected chi connectivity index (χ2v) is 5.74. The molecule has 1 fully saturated rings. The van der Waals surface area contributed by atoms with Gasteiger partial charge in [-0.05, 0) is 37.5 Å². The number of nitrogens with two attached hydrogens (primary N) is 1. The van der Waals surface area contributed by atoms with Crippen LogP contribution in [0.4, 0.5) is 5.69 Å². The first-order valence-corrected chi connectivity index (χ1v) is 7.17. The monoisotopic (exact) mass is 327 g/mol. The standard InChI is InChI=1S/C14H18BrNO3/c1-18-12-3-2-4-13(8-12)19-14(17)9-5-10(15)7-11(16)6-9/h5-7,12-13H,2-4,8,16H2,1H3. The van der Waals surface area contributed by atoms with Crippen molar-refractivity contribution in [3.05, 3.63) is 28.2 Å². The number of carbonyl (C=O) groups is 1. The van der Waals surface area contributed by atoms with Crippen LogP contribution in [0.3, 0.4) is 0 Å². The summed E-state index contributed by atoms with van der Waals surface area (Å²) >= 11 is 3.32. The molecule has 0 saturated heterocycles. The number of benzene rings is 1. The number of carbonyl (C=O) groups excluding carboxylic acids is 1. The van der Waals surface area contributed by atoms with E-state index < -0.39 is 0 Å². The summed E-state index contributed by atoms with van der Waals surface area (Å²) in [5, 5.41) is 0. The number of methoxy groups -OCH3 is 1. The highest BCUT2D eigenvalue weighted by Gasteiger charge is 2.25. The van der Waals surface area contributed by atoms with Crippen LogP contribution in [-0.2, 0) is 9.47 Å². The first kappa shape index (κ1) is 14.3. The van der Waals surface area contributed by atoms with Gasteiger partial charge >= 0.3 is 5.97 Å². The summed E-state index contributed by atoms with van der Waals surface area (Å²) in [6, 6.07) is 5.09. The summed E-state index contributed by atoms with van der Waals surface area (Å²) < 4.78 is 11.6. The van der Waals surface area contributed by atoms with Crippen molar-refractivity contribution in [1.82, 2.24) is 0 Å². The van der Waals surface area contributed by atoms with Gasteiger partial charge in [-0.2, -0.15) is 0 Å². The molecular formula is C14H18BrNO3. The molecule has 1 saturated carbocycles. The van der Waals surface area contributed by atoms with E-state index in [2.05, 4.69) is 15.9 Å². The molecule has 1 aliphatic carbocycles. The molecule has 2 rings (SSSR count). The largest absolute Gasteiger partial charge is 0.459 e. The molecule has 104 valence electrons. The highest BCUT2D eigenvalue weighted by atomic mass is 79.9. The summed E-state index contributed by atoms with van der Waals surface area (Å²) in [4.78, 5) is 12.1. The molecular weight excluding hydrogens is 310 g/mol. The number of anilines is 1. The van der Waals surface area contributed by atoms with E-state index in [0.29, 0.717) is 11.3 Å². The molecule has 0 heterocycles. The highest BCUT2D eigenvalue weighted by Crippen LogP contribution is 2.25. The normalized spacial score (nSPS) is 23.1. The molecule has 1 aliphatic rings. The van der Waals surface area contributed by atoms with Crippen LogP contribution in [0, 0.1) is 0 Å². The van der Waals surface area contributed by atoms with Crippen LogP contribution in [0.25, 0.3) is 0 Å². The van der Waals surface area contributed by atoms with Gasteiger partial charge in [0.1, 0.15) is 6.10 Å². The lowest BCUT2D eigenvalue weighted by molar-refractivity contribution is -0.0149. The number of hydrogen-bond donors (Lipinski definition) is 1. The van der Waals surface area contributed by atoms with Crippen LogP contribution in [0.5, 0.6) is 0 Å². The molecule has 2 unspecified atom stereocenters. The van der Waals surface area contributed by atoms with E-state index in [9.17, 15) is 4.79 Å². The predicted molar refractivity (Wildman–Crippen MR) is 77.0 cm³/mol. The lowest BCUT2D eigenvalue weighted by Crippen LogP contribution is -2.29. The Kier molecular flexibility index (Phi) is 4.82. The van der Waals surface area contributed by atoms with E-state index in [4.69, 9.17) is 15.2 Å². The third-order valence-corrected chi connectivity index (χ3v) is 3.80. The maximum absolute atomic E-state index is 12.1. The fourth-order valence-corrected chi connectivity index (χ4v) is 2.88. The zero-order valence-electron chi connectivity index (χ0n) is 10.9. The van der Waals surface area contributed by atoms with Crippen molar-refractivity contribution in [1.29, 1.82) is 0 Å². The second kappa shape index (κ2) is 6.39. The fourth-order valence-electron chi connectivity index (χ4n) is 2.37. The van der Waals surface area contributed by atoms with Crippen molar-refractivity contribution in [2.45, 2.75) is 37.9 Å². The Balaban J connectivity index is 2.00. The number of halogens is 1. The Morgan fingerprint density at radius 2 is 2.05 bits per heavy atom. The zero-order chi connectivity index (χ0) is 13.8. The highest BCUT2D eigenvalue weighted by molar-refractivity contribution is 9.10. The number of hydrogen-bond acceptors (Lipinski definition) is 4. The van der Waals surface area contributed by atoms with E-state index in [-0.39, 0.29) is 18.2 Å². The molecule has 0 aromatic heterocycles. The Morgan fingerprint density at radius 1 is 1.32 bits per heavy atom. The van der Waals surface area contributed by atoms with E-state index in [0.717, 1.165) is 30.2 Å². The zero-order valence-corrected chi connectivity index (χ0v) is 12.5. The van der Waals surface area contributed by atoms with E-state index in [1.807, 2.05) is 0 Å². The summed E-state index contributed by atoms with van der Waals surface area (Å²) in [6.07, 6.45) is 3.86. The average Bonchev–Trinajstić information content (AvgIpc) is 2.37. The molecule has 0 aliphatic heterocycles. The summed E-state index contributed by atoms with van der Waals surface area (Å²) in [6.45, 7) is 0. The molecule has 1 aromatic rings. The molecule has 0 bridgehead atoms. The van der Waals surface area contributed by atoms with Crippen LogP contribution in [0.2, 0.25) is 0 Å². The molecule has 0 amide bonds. The third kappa shape index (κ3) is 3.94. The van der Waals surface area contributed by atoms with Gasteiger partial charge in [-0.15, -0.1) is 0 Å². The van der Waals surface area contributed by atoms with Crippen LogP contribution >= 0.6 is 15.9 Å². The summed E-state index contributed by atoms with van der Waals surface area (Å²) in [7, 11) is 1.70. The second-order valence-electron chi connectivity index (χ2n) is 4.82. The Morgan fingerprint density at radius 3 is 2.74 bits per heavy atom. The van der Waals surface area contributed by atoms with Crippen LogP contribution in [0.1, 0.15) is 36.0 Å². The smallest absolute Gasteiger partial charge is 0.338 e. The third-order valence-electron chi connectivity index (χ3n) is 3.34. The Labute approximate surface area is 121 Å². The summed E-state index contributed by atoms with van der Waals surface area (Å²) in [5.74, 6) is -0.324. The number of ether oxygens (including phenoxy) is 2. The SMILES string of the molecule is COC1CCCC(OC(=O)c2cc(N)cc(Br)c2)C1. The van der Waals surface area contributed by atoms with Crippen molar-refractivity contribution < 1.29 is 14.3 Å². The van der Waals surface area contributed by atoms with Crippen molar-refractivity contribution in [3.63, 3.8) is 0 Å². The number of esters is 1. The topological polar surface area (TPSA) is 61.5 Å². The lowest BCUT2D eigenvalue weighted by atomic mass is 9.95. The van der Waals surface area contributed by atoms with Crippen molar-refractivity contribution in [2.75, 3.05) is 12.8 Å². The summed E-state index contributed by atoms with van der Waals surface area (Å²) in [5.41, 5.74) is 6.74. The average molecular weight is 328 g/mol. The maximum Gasteiger partial charge on any atom is 0.338 e. The molecule has 1 aromatic carbocycles.